The highest BCUT2D eigenvalue weighted by Gasteiger charge is 2.58. The summed E-state index contributed by atoms with van der Waals surface area (Å²) in [6.07, 6.45) is 0.471. The number of nitrogens with one attached hydrogen (secondary N) is 1. The number of ether oxygens (including phenoxy) is 1. The van der Waals surface area contributed by atoms with E-state index >= 15 is 4.39 Å². The second-order valence-corrected chi connectivity index (χ2v) is 10.5. The van der Waals surface area contributed by atoms with E-state index in [1.807, 2.05) is 20.8 Å². The van der Waals surface area contributed by atoms with Crippen LogP contribution in [0.25, 0.3) is 0 Å². The zero-order chi connectivity index (χ0) is 24.6. The topological polar surface area (TPSA) is 105 Å². The Kier molecular flexibility index (Phi) is 7.61. The average molecular weight is 499 g/mol. The van der Waals surface area contributed by atoms with E-state index in [0.29, 0.717) is 22.8 Å². The van der Waals surface area contributed by atoms with Crippen LogP contribution in [0.3, 0.4) is 0 Å². The molecule has 1 aliphatic rings. The largest absolute Gasteiger partial charge is 0.491 e. The van der Waals surface area contributed by atoms with Crippen LogP contribution in [0.15, 0.2) is 36.4 Å². The fraction of sp³-hybridized carbons (Fsp3) is 0.458. The van der Waals surface area contributed by atoms with Gasteiger partial charge in [-0.05, 0) is 42.2 Å². The van der Waals surface area contributed by atoms with Crippen molar-refractivity contribution in [3.8, 4) is 5.75 Å². The first-order valence-corrected chi connectivity index (χ1v) is 11.4. The van der Waals surface area contributed by atoms with Crippen LogP contribution in [0.1, 0.15) is 44.2 Å². The summed E-state index contributed by atoms with van der Waals surface area (Å²) in [6.45, 7) is 5.77. The number of aliphatic hydroxyl groups excluding tert-OH is 1. The second-order valence-electron chi connectivity index (χ2n) is 9.59. The Balaban J connectivity index is 2.30. The number of hydrogen-bond acceptors (Lipinski definition) is 5. The van der Waals surface area contributed by atoms with Crippen molar-refractivity contribution in [1.82, 2.24) is 5.32 Å². The van der Waals surface area contributed by atoms with Crippen molar-refractivity contribution in [3.63, 3.8) is 0 Å². The first kappa shape index (κ1) is 25.7. The maximum absolute atomic E-state index is 15.3. The molecule has 1 unspecified atom stereocenters. The van der Waals surface area contributed by atoms with Gasteiger partial charge in [0.25, 0.3) is 0 Å². The number of aliphatic carboxylic acids is 1. The van der Waals surface area contributed by atoms with Gasteiger partial charge in [0, 0.05) is 33.1 Å². The van der Waals surface area contributed by atoms with Gasteiger partial charge in [0.1, 0.15) is 24.2 Å². The number of benzene rings is 2. The third-order valence-electron chi connectivity index (χ3n) is 5.94. The van der Waals surface area contributed by atoms with E-state index in [2.05, 4.69) is 5.32 Å². The summed E-state index contributed by atoms with van der Waals surface area (Å²) in [5.74, 6) is -2.37. The highest BCUT2D eigenvalue weighted by Crippen LogP contribution is 2.51. The fourth-order valence-electron chi connectivity index (χ4n) is 4.68. The molecule has 1 fully saturated rings. The van der Waals surface area contributed by atoms with Crippen molar-refractivity contribution in [2.75, 3.05) is 13.2 Å². The minimum atomic E-state index is -1.48. The van der Waals surface area contributed by atoms with Gasteiger partial charge in [0.15, 0.2) is 0 Å². The van der Waals surface area contributed by atoms with Crippen molar-refractivity contribution in [1.29, 1.82) is 0 Å². The number of rotatable bonds is 7. The summed E-state index contributed by atoms with van der Waals surface area (Å²) >= 11 is 12.3. The van der Waals surface area contributed by atoms with Crippen molar-refractivity contribution in [2.24, 2.45) is 11.1 Å². The van der Waals surface area contributed by atoms with Crippen molar-refractivity contribution >= 4 is 29.2 Å². The highest BCUT2D eigenvalue weighted by atomic mass is 35.5. The van der Waals surface area contributed by atoms with Gasteiger partial charge in [0.2, 0.25) is 0 Å². The van der Waals surface area contributed by atoms with Gasteiger partial charge < -0.3 is 20.7 Å². The molecule has 1 aliphatic heterocycles. The molecule has 6 nitrogen and oxygen atoms in total. The maximum atomic E-state index is 15.3. The van der Waals surface area contributed by atoms with E-state index in [4.69, 9.17) is 33.7 Å². The summed E-state index contributed by atoms with van der Waals surface area (Å²) < 4.78 is 21.0. The Bertz CT molecular complexity index is 1030. The van der Waals surface area contributed by atoms with Gasteiger partial charge in [-0.2, -0.15) is 0 Å². The van der Waals surface area contributed by atoms with Crippen LogP contribution in [0.4, 0.5) is 4.39 Å². The number of aliphatic hydroxyl groups is 1. The molecule has 5 N–H and O–H groups in total. The van der Waals surface area contributed by atoms with E-state index in [1.54, 1.807) is 18.2 Å². The predicted molar refractivity (Wildman–Crippen MR) is 126 cm³/mol. The quantitative estimate of drug-likeness (QED) is 0.453. The molecule has 0 radical (unpaired) electrons. The van der Waals surface area contributed by atoms with Gasteiger partial charge >= 0.3 is 5.97 Å². The molecule has 1 heterocycles. The molecule has 4 atom stereocenters. The maximum Gasteiger partial charge on any atom is 0.321 e. The van der Waals surface area contributed by atoms with Crippen LogP contribution in [0.5, 0.6) is 5.75 Å². The minimum absolute atomic E-state index is 0.00911. The molecule has 0 aromatic heterocycles. The summed E-state index contributed by atoms with van der Waals surface area (Å²) in [4.78, 5) is 12.4. The van der Waals surface area contributed by atoms with Crippen LogP contribution in [-0.2, 0) is 10.3 Å². The van der Waals surface area contributed by atoms with Gasteiger partial charge in [-0.3, -0.25) is 10.1 Å². The summed E-state index contributed by atoms with van der Waals surface area (Å²) in [5, 5.41) is 23.1. The molecule has 9 heteroatoms. The summed E-state index contributed by atoms with van der Waals surface area (Å²) in [7, 11) is 0. The molecule has 0 bridgehead atoms. The number of halogens is 3. The van der Waals surface area contributed by atoms with Gasteiger partial charge in [-0.15, -0.1) is 0 Å². The molecule has 0 aliphatic carbocycles. The van der Waals surface area contributed by atoms with Gasteiger partial charge in [-0.1, -0.05) is 50.0 Å². The normalized spacial score (nSPS) is 25.3. The Morgan fingerprint density at radius 1 is 1.21 bits per heavy atom. The van der Waals surface area contributed by atoms with Crippen LogP contribution >= 0.6 is 23.2 Å². The average Bonchev–Trinajstić information content (AvgIpc) is 2.98. The Hall–Kier alpha value is -1.90. The van der Waals surface area contributed by atoms with Crippen molar-refractivity contribution < 1.29 is 24.1 Å². The molecule has 0 amide bonds. The molecule has 1 saturated heterocycles. The highest BCUT2D eigenvalue weighted by molar-refractivity contribution is 6.31. The third-order valence-corrected chi connectivity index (χ3v) is 6.41. The smallest absolute Gasteiger partial charge is 0.321 e. The summed E-state index contributed by atoms with van der Waals surface area (Å²) in [5.41, 5.74) is 5.93. The van der Waals surface area contributed by atoms with Crippen LogP contribution < -0.4 is 15.8 Å². The Labute approximate surface area is 202 Å². The number of hydrogen-bond donors (Lipinski definition) is 4. The molecule has 2 aromatic rings. The molecular weight excluding hydrogens is 470 g/mol. The van der Waals surface area contributed by atoms with E-state index < -0.39 is 35.3 Å². The van der Waals surface area contributed by atoms with Crippen LogP contribution in [-0.4, -0.2) is 41.5 Å². The van der Waals surface area contributed by atoms with Crippen molar-refractivity contribution in [3.05, 3.63) is 63.4 Å². The van der Waals surface area contributed by atoms with Crippen LogP contribution in [0.2, 0.25) is 10.0 Å². The van der Waals surface area contributed by atoms with Gasteiger partial charge in [0.05, 0.1) is 12.1 Å². The van der Waals surface area contributed by atoms with Crippen LogP contribution in [0, 0.1) is 11.2 Å². The third kappa shape index (κ3) is 5.28. The molecular formula is C24H29Cl2FN2O4. The van der Waals surface area contributed by atoms with E-state index in [0.717, 1.165) is 0 Å². The standard InChI is InChI=1S/C24H29Cl2FN2O4/c1-23(2,3)12-19-24(28,16-6-4-14(26)11-17(16)27)20(21(29-19)22(31)32)15-10-13(25)5-7-18(15)33-9-8-30/h4-7,10-11,19-21,29-30H,8-9,12,28H2,1-3H3,(H,31,32)/t19-,20-,21?,24+/m0/s1. The molecule has 180 valence electrons. The lowest BCUT2D eigenvalue weighted by Crippen LogP contribution is -2.52. The lowest BCUT2D eigenvalue weighted by molar-refractivity contribution is -0.139. The fourth-order valence-corrected chi connectivity index (χ4v) is 5.02. The molecule has 3 rings (SSSR count). The molecule has 0 spiro atoms. The number of carboxylic acids is 1. The zero-order valence-corrected chi connectivity index (χ0v) is 20.3. The van der Waals surface area contributed by atoms with E-state index in [1.165, 1.54) is 18.2 Å². The number of nitrogens with two attached hydrogens (primary N) is 1. The zero-order valence-electron chi connectivity index (χ0n) is 18.7. The molecule has 0 saturated carbocycles. The monoisotopic (exact) mass is 498 g/mol. The van der Waals surface area contributed by atoms with Gasteiger partial charge in [-0.25, -0.2) is 4.39 Å². The lowest BCUT2D eigenvalue weighted by Gasteiger charge is -2.40. The van der Waals surface area contributed by atoms with E-state index in [9.17, 15) is 15.0 Å². The molecule has 33 heavy (non-hydrogen) atoms. The number of carboxylic acid groups (broad SMARTS) is 1. The first-order valence-electron chi connectivity index (χ1n) is 10.6. The SMILES string of the molecule is CC(C)(C)C[C@@H]1NC(C(=O)O)[C@H](c2cc(Cl)ccc2OCCO)[C@@]1(N)c1ccc(Cl)cc1F. The second kappa shape index (κ2) is 9.76. The summed E-state index contributed by atoms with van der Waals surface area (Å²) in [6, 6.07) is 7.26. The van der Waals surface area contributed by atoms with Crippen molar-refractivity contribution in [2.45, 2.75) is 50.7 Å². The molecule has 2 aromatic carbocycles. The first-order chi connectivity index (χ1) is 15.4. The van der Waals surface area contributed by atoms with E-state index in [-0.39, 0.29) is 29.2 Å². The minimum Gasteiger partial charge on any atom is -0.491 e. The Morgan fingerprint density at radius 2 is 1.85 bits per heavy atom. The number of carbonyl (C=O) groups is 1. The Morgan fingerprint density at radius 3 is 2.42 bits per heavy atom. The predicted octanol–water partition coefficient (Wildman–Crippen LogP) is 4.30. The lowest BCUT2D eigenvalue weighted by atomic mass is 9.68.